The molecule has 1 fully saturated rings. The molecule has 0 saturated carbocycles. The van der Waals surface area contributed by atoms with E-state index in [1.807, 2.05) is 13.8 Å². The lowest BCUT2D eigenvalue weighted by molar-refractivity contribution is -0.149. The Labute approximate surface area is 71.2 Å². The van der Waals surface area contributed by atoms with Crippen LogP contribution in [0.1, 0.15) is 13.8 Å². The predicted octanol–water partition coefficient (Wildman–Crippen LogP) is 0.738. The fourth-order valence-corrected chi connectivity index (χ4v) is 1.20. The Morgan fingerprint density at radius 3 is 2.73 bits per heavy atom. The second kappa shape index (κ2) is 3.27. The largest absolute Gasteiger partial charge is 0.389 e. The number of hydrogen-bond donors (Lipinski definition) is 1. The fourth-order valence-electron chi connectivity index (χ4n) is 1.00. The molecule has 0 bridgehead atoms. The smallest absolute Gasteiger partial charge is 0.163 e. The van der Waals surface area contributed by atoms with Crippen molar-refractivity contribution in [1.29, 1.82) is 0 Å². The van der Waals surface area contributed by atoms with E-state index < -0.39 is 11.9 Å². The minimum Gasteiger partial charge on any atom is -0.389 e. The van der Waals surface area contributed by atoms with Crippen LogP contribution in [0.3, 0.4) is 0 Å². The monoisotopic (exact) mass is 180 g/mol. The maximum atomic E-state index is 9.25. The van der Waals surface area contributed by atoms with Crippen molar-refractivity contribution < 1.29 is 14.6 Å². The van der Waals surface area contributed by atoms with Crippen LogP contribution in [0.5, 0.6) is 0 Å². The van der Waals surface area contributed by atoms with E-state index in [-0.39, 0.29) is 12.0 Å². The number of ether oxygens (including phenoxy) is 2. The number of halogens is 1. The first-order valence-electron chi connectivity index (χ1n) is 3.61. The molecule has 3 nitrogen and oxygen atoms in total. The van der Waals surface area contributed by atoms with Crippen LogP contribution in [-0.2, 0) is 9.47 Å². The Bertz CT molecular complexity index is 138. The normalized spacial score (nSPS) is 32.2. The zero-order chi connectivity index (χ0) is 8.48. The molecule has 4 heteroatoms. The minimum atomic E-state index is -0.626. The molecule has 1 rings (SSSR count). The molecule has 1 aliphatic rings. The molecule has 1 N–H and O–H groups in total. The average molecular weight is 181 g/mol. The van der Waals surface area contributed by atoms with Gasteiger partial charge in [-0.05, 0) is 13.8 Å². The van der Waals surface area contributed by atoms with Gasteiger partial charge in [0.25, 0.3) is 0 Å². The lowest BCUT2D eigenvalue weighted by atomic mass is 10.2. The van der Waals surface area contributed by atoms with E-state index in [0.29, 0.717) is 6.61 Å². The van der Waals surface area contributed by atoms with Crippen molar-refractivity contribution in [3.63, 3.8) is 0 Å². The molecule has 66 valence electrons. The Morgan fingerprint density at radius 2 is 2.36 bits per heavy atom. The van der Waals surface area contributed by atoms with Gasteiger partial charge < -0.3 is 14.6 Å². The molecule has 2 unspecified atom stereocenters. The van der Waals surface area contributed by atoms with Crippen LogP contribution in [0, 0.1) is 0 Å². The lowest BCUT2D eigenvalue weighted by Gasteiger charge is -2.18. The predicted molar refractivity (Wildman–Crippen MR) is 41.6 cm³/mol. The summed E-state index contributed by atoms with van der Waals surface area (Å²) in [5.41, 5.74) is 0. The summed E-state index contributed by atoms with van der Waals surface area (Å²) >= 11 is 5.44. The maximum absolute atomic E-state index is 9.25. The molecule has 0 aliphatic carbocycles. The molecule has 0 amide bonds. The van der Waals surface area contributed by atoms with E-state index in [1.54, 1.807) is 0 Å². The Hall–Kier alpha value is 0.170. The maximum Gasteiger partial charge on any atom is 0.163 e. The molecule has 0 radical (unpaired) electrons. The summed E-state index contributed by atoms with van der Waals surface area (Å²) in [6, 6.07) is 0. The molecule has 1 saturated heterocycles. The third-order valence-electron chi connectivity index (χ3n) is 1.62. The molecule has 0 aromatic rings. The van der Waals surface area contributed by atoms with Gasteiger partial charge in [0.1, 0.15) is 6.10 Å². The third-order valence-corrected chi connectivity index (χ3v) is 1.93. The molecule has 1 aliphatic heterocycles. The Morgan fingerprint density at radius 1 is 1.73 bits per heavy atom. The summed E-state index contributed by atoms with van der Waals surface area (Å²) < 4.78 is 10.6. The van der Waals surface area contributed by atoms with E-state index in [2.05, 4.69) is 0 Å². The summed E-state index contributed by atoms with van der Waals surface area (Å²) in [6.07, 6.45) is -0.902. The van der Waals surface area contributed by atoms with Crippen molar-refractivity contribution in [1.82, 2.24) is 0 Å². The zero-order valence-corrected chi connectivity index (χ0v) is 7.47. The van der Waals surface area contributed by atoms with Gasteiger partial charge in [-0.3, -0.25) is 0 Å². The molecule has 11 heavy (non-hydrogen) atoms. The minimum absolute atomic E-state index is 0.185. The van der Waals surface area contributed by atoms with E-state index in [9.17, 15) is 5.11 Å². The van der Waals surface area contributed by atoms with Gasteiger partial charge in [-0.1, -0.05) is 0 Å². The second-order valence-electron chi connectivity index (χ2n) is 3.09. The highest BCUT2D eigenvalue weighted by atomic mass is 35.5. The van der Waals surface area contributed by atoms with Gasteiger partial charge >= 0.3 is 0 Å². The van der Waals surface area contributed by atoms with E-state index in [1.165, 1.54) is 0 Å². The van der Waals surface area contributed by atoms with Crippen molar-refractivity contribution >= 4 is 11.6 Å². The van der Waals surface area contributed by atoms with Gasteiger partial charge in [0.05, 0.1) is 18.6 Å². The highest BCUT2D eigenvalue weighted by Crippen LogP contribution is 2.24. The van der Waals surface area contributed by atoms with Gasteiger partial charge in [-0.25, -0.2) is 0 Å². The summed E-state index contributed by atoms with van der Waals surface area (Å²) in [7, 11) is 0. The van der Waals surface area contributed by atoms with Crippen LogP contribution in [0.15, 0.2) is 0 Å². The zero-order valence-electron chi connectivity index (χ0n) is 6.71. The van der Waals surface area contributed by atoms with Crippen LogP contribution in [0.2, 0.25) is 0 Å². The van der Waals surface area contributed by atoms with Crippen LogP contribution in [-0.4, -0.2) is 35.6 Å². The van der Waals surface area contributed by atoms with Crippen molar-refractivity contribution in [2.45, 2.75) is 31.8 Å². The third kappa shape index (κ3) is 2.30. The molecule has 0 spiro atoms. The summed E-state index contributed by atoms with van der Waals surface area (Å²) in [6.45, 7) is 4.04. The molecule has 2 atom stereocenters. The fraction of sp³-hybridized carbons (Fsp3) is 1.00. The van der Waals surface area contributed by atoms with E-state index in [4.69, 9.17) is 21.1 Å². The first-order chi connectivity index (χ1) is 5.05. The van der Waals surface area contributed by atoms with Crippen molar-refractivity contribution in [2.75, 3.05) is 12.5 Å². The van der Waals surface area contributed by atoms with Gasteiger partial charge in [0.15, 0.2) is 5.79 Å². The molecule has 1 heterocycles. The van der Waals surface area contributed by atoms with Crippen LogP contribution in [0.25, 0.3) is 0 Å². The Kier molecular flexibility index (Phi) is 2.75. The summed E-state index contributed by atoms with van der Waals surface area (Å²) in [5.74, 6) is -0.387. The highest BCUT2D eigenvalue weighted by molar-refractivity contribution is 6.18. The highest BCUT2D eigenvalue weighted by Gasteiger charge is 2.36. The first kappa shape index (κ1) is 9.26. The van der Waals surface area contributed by atoms with Crippen LogP contribution < -0.4 is 0 Å². The van der Waals surface area contributed by atoms with E-state index in [0.717, 1.165) is 0 Å². The number of aliphatic hydroxyl groups is 1. The molecular formula is C7H13ClO3. The van der Waals surface area contributed by atoms with Gasteiger partial charge in [-0.2, -0.15) is 0 Å². The summed E-state index contributed by atoms with van der Waals surface area (Å²) in [4.78, 5) is 0. The van der Waals surface area contributed by atoms with Gasteiger partial charge in [-0.15, -0.1) is 11.6 Å². The standard InChI is InChI=1S/C7H13ClO3/c1-7(2)10-4-6(11-7)5(9)3-8/h5-6,9H,3-4H2,1-2H3. The SMILES string of the molecule is CC1(C)OCC(C(O)CCl)O1. The number of aliphatic hydroxyl groups excluding tert-OH is 1. The lowest BCUT2D eigenvalue weighted by Crippen LogP contribution is -2.31. The Balaban J connectivity index is 2.41. The number of alkyl halides is 1. The number of hydrogen-bond acceptors (Lipinski definition) is 3. The van der Waals surface area contributed by atoms with E-state index >= 15 is 0 Å². The van der Waals surface area contributed by atoms with Crippen molar-refractivity contribution in [3.05, 3.63) is 0 Å². The van der Waals surface area contributed by atoms with Crippen LogP contribution >= 0.6 is 11.6 Å². The quantitative estimate of drug-likeness (QED) is 0.637. The molecular weight excluding hydrogens is 168 g/mol. The van der Waals surface area contributed by atoms with Gasteiger partial charge in [0, 0.05) is 0 Å². The van der Waals surface area contributed by atoms with Crippen LogP contribution in [0.4, 0.5) is 0 Å². The van der Waals surface area contributed by atoms with Crippen molar-refractivity contribution in [2.24, 2.45) is 0 Å². The average Bonchev–Trinajstić information content (AvgIpc) is 2.29. The topological polar surface area (TPSA) is 38.7 Å². The first-order valence-corrected chi connectivity index (χ1v) is 4.14. The van der Waals surface area contributed by atoms with Crippen molar-refractivity contribution in [3.8, 4) is 0 Å². The summed E-state index contributed by atoms with van der Waals surface area (Å²) in [5, 5.41) is 9.25. The molecule has 0 aromatic carbocycles. The number of rotatable bonds is 2. The second-order valence-corrected chi connectivity index (χ2v) is 3.40. The molecule has 0 aromatic heterocycles. The van der Waals surface area contributed by atoms with Gasteiger partial charge in [0.2, 0.25) is 0 Å².